The smallest absolute Gasteiger partial charge is 0.248 e. The Bertz CT molecular complexity index is 610. The van der Waals surface area contributed by atoms with Crippen LogP contribution in [-0.4, -0.2) is 62.3 Å². The summed E-state index contributed by atoms with van der Waals surface area (Å²) >= 11 is 0. The predicted octanol–water partition coefficient (Wildman–Crippen LogP) is -1.31. The van der Waals surface area contributed by atoms with Crippen molar-refractivity contribution in [2.24, 2.45) is 7.05 Å². The summed E-state index contributed by atoms with van der Waals surface area (Å²) in [4.78, 5) is 11.6. The van der Waals surface area contributed by atoms with E-state index in [1.807, 2.05) is 0 Å². The Kier molecular flexibility index (Phi) is 5.70. The van der Waals surface area contributed by atoms with E-state index in [0.29, 0.717) is 18.8 Å². The highest BCUT2D eigenvalue weighted by atomic mass is 32.2. The van der Waals surface area contributed by atoms with E-state index >= 15 is 0 Å². The summed E-state index contributed by atoms with van der Waals surface area (Å²) in [5, 5.41) is 6.42. The molecule has 1 amide bonds. The number of nitrogen functional groups attached to an aromatic ring is 1. The number of sulfonamides is 1. The first-order valence-corrected chi connectivity index (χ1v) is 7.66. The predicted molar refractivity (Wildman–Crippen MR) is 77.1 cm³/mol. The van der Waals surface area contributed by atoms with E-state index in [0.717, 1.165) is 4.31 Å². The maximum Gasteiger partial charge on any atom is 0.248 e. The number of amides is 1. The van der Waals surface area contributed by atoms with Gasteiger partial charge in [0.15, 0.2) is 5.82 Å². The standard InChI is InChI=1S/C11H21N5O4S/c1-8-10(11(12)14-16(8)3)21(18,19)15(2)7-9(17)13-5-6-20-4/h5-7H2,1-4H3,(H2,12,14)(H,13,17). The van der Waals surface area contributed by atoms with Gasteiger partial charge in [0.2, 0.25) is 15.9 Å². The van der Waals surface area contributed by atoms with Gasteiger partial charge in [-0.05, 0) is 6.92 Å². The van der Waals surface area contributed by atoms with Crippen molar-refractivity contribution >= 4 is 21.7 Å². The highest BCUT2D eigenvalue weighted by molar-refractivity contribution is 7.89. The molecule has 1 aromatic rings. The number of aryl methyl sites for hydroxylation is 1. The van der Waals surface area contributed by atoms with Gasteiger partial charge in [-0.2, -0.15) is 9.40 Å². The van der Waals surface area contributed by atoms with Crippen molar-refractivity contribution in [3.05, 3.63) is 5.69 Å². The molecule has 3 N–H and O–H groups in total. The number of carbonyl (C=O) groups excluding carboxylic acids is 1. The molecular weight excluding hydrogens is 298 g/mol. The molecule has 9 nitrogen and oxygen atoms in total. The van der Waals surface area contributed by atoms with Crippen molar-refractivity contribution < 1.29 is 17.9 Å². The van der Waals surface area contributed by atoms with Crippen LogP contribution in [0.3, 0.4) is 0 Å². The molecule has 0 aromatic carbocycles. The second-order valence-electron chi connectivity index (χ2n) is 4.53. The first-order chi connectivity index (χ1) is 9.71. The summed E-state index contributed by atoms with van der Waals surface area (Å²) in [7, 11) is 0.554. The Morgan fingerprint density at radius 2 is 2.14 bits per heavy atom. The molecule has 1 heterocycles. The lowest BCUT2D eigenvalue weighted by molar-refractivity contribution is -0.121. The Labute approximate surface area is 124 Å². The third-order valence-electron chi connectivity index (χ3n) is 2.97. The fraction of sp³-hybridized carbons (Fsp3) is 0.636. The third-order valence-corrected chi connectivity index (χ3v) is 4.94. The van der Waals surface area contributed by atoms with Gasteiger partial charge >= 0.3 is 0 Å². The summed E-state index contributed by atoms with van der Waals surface area (Å²) in [6.07, 6.45) is 0. The van der Waals surface area contributed by atoms with Gasteiger partial charge in [-0.15, -0.1) is 0 Å². The topological polar surface area (TPSA) is 120 Å². The Morgan fingerprint density at radius 1 is 1.52 bits per heavy atom. The van der Waals surface area contributed by atoms with Crippen LogP contribution in [0.4, 0.5) is 5.82 Å². The van der Waals surface area contributed by atoms with Gasteiger partial charge in [0, 0.05) is 27.7 Å². The molecule has 0 saturated carbocycles. The van der Waals surface area contributed by atoms with Crippen molar-refractivity contribution in [3.8, 4) is 0 Å². The fourth-order valence-electron chi connectivity index (χ4n) is 1.72. The van der Waals surface area contributed by atoms with Crippen LogP contribution >= 0.6 is 0 Å². The van der Waals surface area contributed by atoms with Crippen LogP contribution in [0.15, 0.2) is 4.90 Å². The number of likely N-dealkylation sites (N-methyl/N-ethyl adjacent to an activating group) is 1. The number of aromatic nitrogens is 2. The van der Waals surface area contributed by atoms with Gasteiger partial charge in [-0.3, -0.25) is 9.48 Å². The largest absolute Gasteiger partial charge is 0.383 e. The minimum atomic E-state index is -3.87. The molecule has 0 bridgehead atoms. The van der Waals surface area contributed by atoms with Crippen LogP contribution in [0.25, 0.3) is 0 Å². The van der Waals surface area contributed by atoms with E-state index < -0.39 is 15.9 Å². The molecule has 0 radical (unpaired) electrons. The van der Waals surface area contributed by atoms with Crippen LogP contribution in [0.5, 0.6) is 0 Å². The molecule has 0 atom stereocenters. The second kappa shape index (κ2) is 6.87. The van der Waals surface area contributed by atoms with Crippen molar-refractivity contribution in [2.45, 2.75) is 11.8 Å². The van der Waals surface area contributed by atoms with Gasteiger partial charge in [0.05, 0.1) is 18.8 Å². The molecule has 0 aliphatic carbocycles. The zero-order chi connectivity index (χ0) is 16.2. The van der Waals surface area contributed by atoms with Gasteiger partial charge in [-0.25, -0.2) is 8.42 Å². The van der Waals surface area contributed by atoms with Crippen LogP contribution in [0, 0.1) is 6.92 Å². The number of nitrogens with zero attached hydrogens (tertiary/aromatic N) is 3. The minimum absolute atomic E-state index is 0.0720. The Balaban J connectivity index is 2.85. The van der Waals surface area contributed by atoms with Crippen molar-refractivity contribution in [2.75, 3.05) is 39.6 Å². The highest BCUT2D eigenvalue weighted by Crippen LogP contribution is 2.23. The first-order valence-electron chi connectivity index (χ1n) is 6.22. The SMILES string of the molecule is COCCNC(=O)CN(C)S(=O)(=O)c1c(N)nn(C)c1C. The second-order valence-corrected chi connectivity index (χ2v) is 6.51. The molecule has 0 saturated heterocycles. The summed E-state index contributed by atoms with van der Waals surface area (Å²) < 4.78 is 32.0. The number of anilines is 1. The zero-order valence-electron chi connectivity index (χ0n) is 12.6. The fourth-order valence-corrected chi connectivity index (χ4v) is 3.13. The summed E-state index contributed by atoms with van der Waals surface area (Å²) in [6.45, 7) is 1.97. The Morgan fingerprint density at radius 3 is 2.62 bits per heavy atom. The number of hydrogen-bond donors (Lipinski definition) is 2. The zero-order valence-corrected chi connectivity index (χ0v) is 13.4. The molecule has 0 spiro atoms. The average molecular weight is 319 g/mol. The quantitative estimate of drug-likeness (QED) is 0.602. The number of hydrogen-bond acceptors (Lipinski definition) is 6. The molecule has 0 unspecified atom stereocenters. The third kappa shape index (κ3) is 3.93. The van der Waals surface area contributed by atoms with E-state index in [4.69, 9.17) is 10.5 Å². The lowest BCUT2D eigenvalue weighted by atomic mass is 10.5. The molecule has 0 aliphatic heterocycles. The van der Waals surface area contributed by atoms with Crippen molar-refractivity contribution in [1.29, 1.82) is 0 Å². The van der Waals surface area contributed by atoms with E-state index in [9.17, 15) is 13.2 Å². The normalized spacial score (nSPS) is 11.9. The Hall–Kier alpha value is -1.65. The molecule has 120 valence electrons. The summed E-state index contributed by atoms with van der Waals surface area (Å²) in [5.74, 6) is -0.500. The molecule has 0 aliphatic rings. The molecule has 1 aromatic heterocycles. The van der Waals surface area contributed by atoms with Crippen molar-refractivity contribution in [3.63, 3.8) is 0 Å². The maximum atomic E-state index is 12.4. The van der Waals surface area contributed by atoms with Crippen LogP contribution in [0.2, 0.25) is 0 Å². The monoisotopic (exact) mass is 319 g/mol. The molecule has 0 fully saturated rings. The number of methoxy groups -OCH3 is 1. The first kappa shape index (κ1) is 17.4. The van der Waals surface area contributed by atoms with E-state index in [1.54, 1.807) is 14.0 Å². The number of rotatable bonds is 7. The number of nitrogens with two attached hydrogens (primary N) is 1. The van der Waals surface area contributed by atoms with E-state index in [1.165, 1.54) is 18.8 Å². The van der Waals surface area contributed by atoms with Crippen LogP contribution in [0.1, 0.15) is 5.69 Å². The number of carbonyl (C=O) groups is 1. The van der Waals surface area contributed by atoms with Gasteiger partial charge in [-0.1, -0.05) is 0 Å². The molecule has 1 rings (SSSR count). The summed E-state index contributed by atoms with van der Waals surface area (Å²) in [5.41, 5.74) is 6.06. The highest BCUT2D eigenvalue weighted by Gasteiger charge is 2.29. The molecule has 10 heteroatoms. The number of ether oxygens (including phenoxy) is 1. The van der Waals surface area contributed by atoms with Gasteiger partial charge < -0.3 is 15.8 Å². The van der Waals surface area contributed by atoms with Crippen LogP contribution in [-0.2, 0) is 26.6 Å². The van der Waals surface area contributed by atoms with E-state index in [-0.39, 0.29) is 17.3 Å². The molecule has 21 heavy (non-hydrogen) atoms. The number of nitrogens with one attached hydrogen (secondary N) is 1. The van der Waals surface area contributed by atoms with Crippen LogP contribution < -0.4 is 11.1 Å². The molecular formula is C11H21N5O4S. The lowest BCUT2D eigenvalue weighted by Gasteiger charge is -2.16. The minimum Gasteiger partial charge on any atom is -0.383 e. The van der Waals surface area contributed by atoms with Gasteiger partial charge in [0.1, 0.15) is 4.90 Å². The average Bonchev–Trinajstić information content (AvgIpc) is 2.63. The van der Waals surface area contributed by atoms with E-state index in [2.05, 4.69) is 10.4 Å². The van der Waals surface area contributed by atoms with Crippen molar-refractivity contribution in [1.82, 2.24) is 19.4 Å². The summed E-state index contributed by atoms with van der Waals surface area (Å²) in [6, 6.07) is 0. The van der Waals surface area contributed by atoms with Gasteiger partial charge in [0.25, 0.3) is 0 Å². The maximum absolute atomic E-state index is 12.4. The lowest BCUT2D eigenvalue weighted by Crippen LogP contribution is -2.39.